The zero-order chi connectivity index (χ0) is 20.0. The van der Waals surface area contributed by atoms with Crippen LogP contribution in [0.3, 0.4) is 0 Å². The van der Waals surface area contributed by atoms with Crippen LogP contribution in [-0.4, -0.2) is 32.4 Å². The molecule has 6 heteroatoms. The molecule has 0 N–H and O–H groups in total. The molecule has 5 rings (SSSR count). The molecule has 0 aliphatic carbocycles. The van der Waals surface area contributed by atoms with Crippen LogP contribution < -0.4 is 5.63 Å². The van der Waals surface area contributed by atoms with Crippen LogP contribution in [0.25, 0.3) is 27.9 Å². The Balaban J connectivity index is 1.52. The zero-order valence-corrected chi connectivity index (χ0v) is 16.8. The first-order chi connectivity index (χ1) is 14.1. The number of nitrogens with zero attached hydrogens (tertiary/aromatic N) is 4. The number of likely N-dealkylation sites (tertiary alicyclic amines) is 1. The lowest BCUT2D eigenvalue weighted by molar-refractivity contribution is 0.221. The predicted octanol–water partition coefficient (Wildman–Crippen LogP) is 4.11. The minimum Gasteiger partial charge on any atom is -0.422 e. The molecule has 0 radical (unpaired) electrons. The number of aromatic nitrogens is 3. The molecular weight excluding hydrogens is 364 g/mol. The minimum absolute atomic E-state index is 0.363. The Morgan fingerprint density at radius 1 is 1.03 bits per heavy atom. The van der Waals surface area contributed by atoms with Crippen molar-refractivity contribution in [2.75, 3.05) is 13.1 Å². The number of hydrogen-bond donors (Lipinski definition) is 0. The standard InChI is InChI=1S/C23H24N4O2/c1-15-12-27-14-20(25-22(27)16(2)24-15)19-11-18-7-6-17(10-21(18)29-23(19)28)13-26-8-4-3-5-9-26/h6-7,10-12,14H,3-5,8-9,13H2,1-2H3. The van der Waals surface area contributed by atoms with E-state index in [2.05, 4.69) is 20.9 Å². The van der Waals surface area contributed by atoms with E-state index in [1.807, 2.05) is 48.8 Å². The van der Waals surface area contributed by atoms with Crippen molar-refractivity contribution in [2.45, 2.75) is 39.7 Å². The maximum Gasteiger partial charge on any atom is 0.345 e. The van der Waals surface area contributed by atoms with Crippen LogP contribution in [0.4, 0.5) is 0 Å². The number of fused-ring (bicyclic) bond motifs is 2. The molecule has 0 atom stereocenters. The van der Waals surface area contributed by atoms with Crippen molar-refractivity contribution in [3.8, 4) is 11.3 Å². The number of aryl methyl sites for hydroxylation is 2. The van der Waals surface area contributed by atoms with E-state index in [-0.39, 0.29) is 5.63 Å². The summed E-state index contributed by atoms with van der Waals surface area (Å²) in [6.07, 6.45) is 7.62. The van der Waals surface area contributed by atoms with Gasteiger partial charge in [0.25, 0.3) is 0 Å². The molecule has 4 aromatic rings. The van der Waals surface area contributed by atoms with Gasteiger partial charge in [-0.05, 0) is 57.5 Å². The van der Waals surface area contributed by atoms with Gasteiger partial charge in [-0.2, -0.15) is 0 Å². The summed E-state index contributed by atoms with van der Waals surface area (Å²) in [5, 5.41) is 0.907. The van der Waals surface area contributed by atoms with Crippen molar-refractivity contribution in [3.05, 3.63) is 64.0 Å². The van der Waals surface area contributed by atoms with Crippen molar-refractivity contribution in [3.63, 3.8) is 0 Å². The Morgan fingerprint density at radius 3 is 2.69 bits per heavy atom. The highest BCUT2D eigenvalue weighted by atomic mass is 16.4. The lowest BCUT2D eigenvalue weighted by Crippen LogP contribution is -2.29. The third kappa shape index (κ3) is 3.44. The molecule has 0 spiro atoms. The summed E-state index contributed by atoms with van der Waals surface area (Å²) in [5.74, 6) is 0. The Bertz CT molecular complexity index is 1270. The summed E-state index contributed by atoms with van der Waals surface area (Å²) in [5.41, 5.74) is 5.02. The summed E-state index contributed by atoms with van der Waals surface area (Å²) in [6.45, 7) is 7.05. The Labute approximate surface area is 168 Å². The minimum atomic E-state index is -0.363. The average molecular weight is 388 g/mol. The molecule has 0 unspecified atom stereocenters. The second-order valence-corrected chi connectivity index (χ2v) is 7.98. The van der Waals surface area contributed by atoms with Crippen molar-refractivity contribution < 1.29 is 4.42 Å². The monoisotopic (exact) mass is 388 g/mol. The molecule has 1 aromatic carbocycles. The largest absolute Gasteiger partial charge is 0.422 e. The van der Waals surface area contributed by atoms with E-state index in [9.17, 15) is 4.79 Å². The van der Waals surface area contributed by atoms with Crippen LogP contribution in [0.5, 0.6) is 0 Å². The van der Waals surface area contributed by atoms with Crippen LogP contribution in [-0.2, 0) is 6.54 Å². The van der Waals surface area contributed by atoms with E-state index in [0.717, 1.165) is 42.1 Å². The molecule has 29 heavy (non-hydrogen) atoms. The lowest BCUT2D eigenvalue weighted by atomic mass is 10.1. The molecule has 0 amide bonds. The maximum absolute atomic E-state index is 12.7. The number of rotatable bonds is 3. The quantitative estimate of drug-likeness (QED) is 0.494. The summed E-state index contributed by atoms with van der Waals surface area (Å²) >= 11 is 0. The Hall–Kier alpha value is -2.99. The molecule has 1 aliphatic rings. The number of imidazole rings is 1. The van der Waals surface area contributed by atoms with Gasteiger partial charge >= 0.3 is 5.63 Å². The van der Waals surface area contributed by atoms with Gasteiger partial charge in [-0.25, -0.2) is 9.78 Å². The van der Waals surface area contributed by atoms with Crippen molar-refractivity contribution in [1.82, 2.24) is 19.3 Å². The lowest BCUT2D eigenvalue weighted by Gasteiger charge is -2.26. The SMILES string of the molecule is Cc1cn2cc(-c3cc4ccc(CN5CCCCC5)cc4oc3=O)nc2c(C)n1. The second kappa shape index (κ2) is 7.12. The van der Waals surface area contributed by atoms with E-state index >= 15 is 0 Å². The Morgan fingerprint density at radius 2 is 1.86 bits per heavy atom. The van der Waals surface area contributed by atoms with Gasteiger partial charge in [0.05, 0.1) is 22.6 Å². The van der Waals surface area contributed by atoms with Crippen LogP contribution >= 0.6 is 0 Å². The van der Waals surface area contributed by atoms with Crippen molar-refractivity contribution in [1.29, 1.82) is 0 Å². The molecule has 148 valence electrons. The summed E-state index contributed by atoms with van der Waals surface area (Å²) in [6, 6.07) is 8.04. The van der Waals surface area contributed by atoms with E-state index in [1.54, 1.807) is 0 Å². The van der Waals surface area contributed by atoms with E-state index in [1.165, 1.54) is 24.8 Å². The molecule has 3 aromatic heterocycles. The first kappa shape index (κ1) is 18.1. The van der Waals surface area contributed by atoms with Crippen LogP contribution in [0, 0.1) is 13.8 Å². The number of hydrogen-bond acceptors (Lipinski definition) is 5. The van der Waals surface area contributed by atoms with Gasteiger partial charge in [-0.1, -0.05) is 18.6 Å². The van der Waals surface area contributed by atoms with E-state index in [4.69, 9.17) is 4.42 Å². The zero-order valence-electron chi connectivity index (χ0n) is 16.8. The third-order valence-electron chi connectivity index (χ3n) is 5.66. The van der Waals surface area contributed by atoms with Gasteiger partial charge in [-0.3, -0.25) is 9.88 Å². The molecule has 1 fully saturated rings. The summed E-state index contributed by atoms with van der Waals surface area (Å²) in [7, 11) is 0. The smallest absolute Gasteiger partial charge is 0.345 e. The first-order valence-corrected chi connectivity index (χ1v) is 10.2. The molecule has 6 nitrogen and oxygen atoms in total. The molecule has 4 heterocycles. The normalized spacial score (nSPS) is 15.4. The van der Waals surface area contributed by atoms with Gasteiger partial charge < -0.3 is 8.82 Å². The van der Waals surface area contributed by atoms with Gasteiger partial charge in [0.15, 0.2) is 5.65 Å². The van der Waals surface area contributed by atoms with Crippen molar-refractivity contribution >= 4 is 16.6 Å². The van der Waals surface area contributed by atoms with Gasteiger partial charge in [0.2, 0.25) is 0 Å². The fourth-order valence-corrected chi connectivity index (χ4v) is 4.24. The van der Waals surface area contributed by atoms with Gasteiger partial charge in [0, 0.05) is 24.3 Å². The van der Waals surface area contributed by atoms with Gasteiger partial charge in [0.1, 0.15) is 5.58 Å². The molecule has 0 saturated carbocycles. The number of benzene rings is 1. The third-order valence-corrected chi connectivity index (χ3v) is 5.66. The highest BCUT2D eigenvalue weighted by molar-refractivity contribution is 5.81. The van der Waals surface area contributed by atoms with E-state index in [0.29, 0.717) is 16.8 Å². The fraction of sp³-hybridized carbons (Fsp3) is 0.348. The second-order valence-electron chi connectivity index (χ2n) is 7.98. The fourth-order valence-electron chi connectivity index (χ4n) is 4.24. The average Bonchev–Trinajstić information content (AvgIpc) is 3.12. The highest BCUT2D eigenvalue weighted by Crippen LogP contribution is 2.23. The first-order valence-electron chi connectivity index (χ1n) is 10.2. The van der Waals surface area contributed by atoms with E-state index < -0.39 is 0 Å². The molecule has 1 saturated heterocycles. The van der Waals surface area contributed by atoms with Crippen molar-refractivity contribution in [2.24, 2.45) is 0 Å². The van der Waals surface area contributed by atoms with Gasteiger partial charge in [-0.15, -0.1) is 0 Å². The van der Waals surface area contributed by atoms with Crippen LogP contribution in [0.1, 0.15) is 36.2 Å². The van der Waals surface area contributed by atoms with Crippen LogP contribution in [0.15, 0.2) is 45.9 Å². The summed E-state index contributed by atoms with van der Waals surface area (Å²) in [4.78, 5) is 24.3. The highest BCUT2D eigenvalue weighted by Gasteiger charge is 2.15. The summed E-state index contributed by atoms with van der Waals surface area (Å²) < 4.78 is 7.60. The molecule has 1 aliphatic heterocycles. The van der Waals surface area contributed by atoms with Crippen LogP contribution in [0.2, 0.25) is 0 Å². The predicted molar refractivity (Wildman–Crippen MR) is 113 cm³/mol. The molecule has 0 bridgehead atoms. The Kier molecular flexibility index (Phi) is 4.43. The molecular formula is C23H24N4O2. The topological polar surface area (TPSA) is 63.6 Å². The maximum atomic E-state index is 12.7. The number of piperidine rings is 1.